The Kier molecular flexibility index (Phi) is 49.5. The molecule has 0 saturated heterocycles. The molecular weight excluding hydrogens is 1910 g/mol. The number of pyridine rings is 1. The van der Waals surface area contributed by atoms with E-state index in [9.17, 15) is 111 Å². The summed E-state index contributed by atoms with van der Waals surface area (Å²) in [6.07, 6.45) is 5.62. The SMILES string of the molecule is Cc1ccccc1NC(=O)Nc1ccc(CC(=O)N[C@@H](CCCCNC(=O)CCc2cccnc2)C(=O)N[C@@H](CCCC(=O)O)C(=O)NC2(C(=O)NCCOCCOCCNC(=O)CCC(=O)NCCOCCOCCNC(=O)CCC(=O)N[C@@H](CCCCNC(=O)CCC(=O)N3Cc4ccccc4-c4nnn(CCCC(=O)NCCCC(O)(P(=O)(O)O)P(=O)(O)O)c4-c4ccccc43)C(N)=O)CCCCC2)cc1. The second kappa shape index (κ2) is 61.3. The van der Waals surface area contributed by atoms with Crippen molar-refractivity contribution in [3.05, 3.63) is 144 Å². The van der Waals surface area contributed by atoms with Gasteiger partial charge in [0.2, 0.25) is 76.8 Å². The van der Waals surface area contributed by atoms with E-state index in [1.54, 1.807) is 88.7 Å². The predicted molar refractivity (Wildman–Crippen MR) is 526 cm³/mol. The fraction of sp³-hybridized carbons (Fsp3) is 0.521. The van der Waals surface area contributed by atoms with Crippen molar-refractivity contribution in [3.63, 3.8) is 0 Å². The number of aromatic nitrogens is 4. The summed E-state index contributed by atoms with van der Waals surface area (Å²) >= 11 is 0. The maximum Gasteiger partial charge on any atom is 0.369 e. The number of anilines is 3. The van der Waals surface area contributed by atoms with Crippen LogP contribution in [0.2, 0.25) is 0 Å². The molecule has 1 saturated carbocycles. The summed E-state index contributed by atoms with van der Waals surface area (Å²) in [5.74, 6) is -7.56. The van der Waals surface area contributed by atoms with Gasteiger partial charge >= 0.3 is 27.2 Å². The van der Waals surface area contributed by atoms with Crippen LogP contribution < -0.4 is 79.8 Å². The molecule has 4 aromatic carbocycles. The number of para-hydroxylation sites is 2. The lowest BCUT2D eigenvalue weighted by molar-refractivity contribution is -0.138. The van der Waals surface area contributed by atoms with E-state index < -0.39 is 116 Å². The topological polar surface area (TPSA) is 678 Å². The van der Waals surface area contributed by atoms with Crippen LogP contribution in [0.4, 0.5) is 21.9 Å². The zero-order valence-electron chi connectivity index (χ0n) is 80.9. The Morgan fingerprint density at radius 2 is 1.00 bits per heavy atom. The number of nitrogens with two attached hydrogens (primary N) is 1. The largest absolute Gasteiger partial charge is 0.481 e. The number of carboxylic acids is 1. The maximum atomic E-state index is 14.5. The van der Waals surface area contributed by atoms with Gasteiger partial charge in [0.25, 0.3) is 5.08 Å². The van der Waals surface area contributed by atoms with Crippen LogP contribution in [0.25, 0.3) is 22.5 Å². The molecule has 3 atom stereocenters. The number of ether oxygens (including phenoxy) is 4. The number of urea groups is 1. The standard InChI is InChI=1S/C96H135N19O27P2/c1-66-19-3-7-24-73(66)110-94(131)106-70-34-31-67(32-35-70)63-85(123)108-75(26-10-14-48-99-79(117)36-33-68-20-16-46-98-64-68)91(128)109-76(27-15-30-87(125)126)92(129)111-95(43-11-2-12-44-95)93(130)105-53-58-142-62-61-141-56-51-103-81(119)38-37-80(118)102-50-55-139-59-60-140-57-52-104-82(120)39-40-84(122)107-74(90(97)127)25-9-13-47-100-83(121)41-42-86(124)114-65-69-21-4-5-22-71(69)88-89(72-23-6-8-28-77(72)114)115(113-112-88)54-17-29-78(116)101-49-18-45-96(132,143(133,134)135)144(136,137)138/h3-8,16,19-24,28,31-32,34-35,46,64,74-76,132H,2,9-15,17-18,25-27,29-30,33,36-45,47-63,65H2,1H3,(H2,97,127)(H,99,117)(H,100,121)(H,101,116)(H,102,118)(H,103,119)(H,104,120)(H,105,130)(H,107,122)(H,108,123)(H,109,128)(H,111,129)(H,125,126)(H2,106,110,131)(H2,133,134,135)(H2,136,137,138)/t74-,75-,76-/m0/s1. The molecule has 786 valence electrons. The van der Waals surface area contributed by atoms with E-state index in [1.165, 1.54) is 0 Å². The predicted octanol–water partition coefficient (Wildman–Crippen LogP) is 3.82. The summed E-state index contributed by atoms with van der Waals surface area (Å²) in [4.78, 5) is 240. The number of rotatable bonds is 66. The normalized spacial score (nSPS) is 13.3. The molecule has 0 bridgehead atoms. The van der Waals surface area contributed by atoms with E-state index in [1.807, 2.05) is 49.4 Å². The number of carbonyl (C=O) groups excluding carboxylic acids is 14. The molecule has 3 heterocycles. The highest BCUT2D eigenvalue weighted by molar-refractivity contribution is 7.72. The molecule has 1 fully saturated rings. The minimum atomic E-state index is -5.66. The maximum absolute atomic E-state index is 14.5. The van der Waals surface area contributed by atoms with E-state index in [0.717, 1.165) is 23.1 Å². The van der Waals surface area contributed by atoms with Gasteiger partial charge in [-0.25, -0.2) is 9.48 Å². The molecular formula is C96H135N19O27P2. The van der Waals surface area contributed by atoms with Gasteiger partial charge in [0.05, 0.1) is 77.2 Å². The number of nitrogens with one attached hydrogen (secondary N) is 13. The Morgan fingerprint density at radius 1 is 0.486 bits per heavy atom. The lowest BCUT2D eigenvalue weighted by Gasteiger charge is -2.38. The zero-order valence-corrected chi connectivity index (χ0v) is 82.6. The summed E-state index contributed by atoms with van der Waals surface area (Å²) in [5.41, 5.74) is 11.3. The highest BCUT2D eigenvalue weighted by Gasteiger charge is 2.59. The first-order chi connectivity index (χ1) is 69.0. The lowest BCUT2D eigenvalue weighted by Crippen LogP contribution is -2.63. The number of aliphatic hydroxyl groups is 1. The molecule has 144 heavy (non-hydrogen) atoms. The van der Waals surface area contributed by atoms with E-state index in [0.29, 0.717) is 90.1 Å². The van der Waals surface area contributed by atoms with Crippen molar-refractivity contribution in [1.82, 2.24) is 78.5 Å². The number of aryl methyl sites for hydroxylation is 3. The molecule has 0 spiro atoms. The third-order valence-corrected chi connectivity index (χ3v) is 27.6. The Balaban J connectivity index is 0.631. The number of hydrogen-bond acceptors (Lipinski definition) is 25. The number of aliphatic carboxylic acids is 1. The quantitative estimate of drug-likeness (QED) is 0.0191. The average Bonchev–Trinajstić information content (AvgIpc) is 1.58. The minimum Gasteiger partial charge on any atom is -0.481 e. The average molecular weight is 2050 g/mol. The fourth-order valence-corrected chi connectivity index (χ4v) is 18.1. The van der Waals surface area contributed by atoms with Gasteiger partial charge in [-0.15, -0.1) is 5.10 Å². The number of nitrogens with zero attached hydrogens (tertiary/aromatic N) is 5. The van der Waals surface area contributed by atoms with Crippen molar-refractivity contribution in [2.45, 2.75) is 222 Å². The van der Waals surface area contributed by atoms with Crippen molar-refractivity contribution in [1.29, 1.82) is 0 Å². The first kappa shape index (κ1) is 116. The molecule has 2 aromatic heterocycles. The zero-order chi connectivity index (χ0) is 104. The fourth-order valence-electron chi connectivity index (χ4n) is 15.8. The third kappa shape index (κ3) is 40.7. The smallest absolute Gasteiger partial charge is 0.369 e. The van der Waals surface area contributed by atoms with Gasteiger partial charge in [-0.2, -0.15) is 0 Å². The molecule has 1 aliphatic heterocycles. The number of fused-ring (bicyclic) bond motifs is 5. The molecule has 8 rings (SSSR count). The van der Waals surface area contributed by atoms with Crippen molar-refractivity contribution >= 4 is 121 Å². The minimum absolute atomic E-state index is 0.0160. The summed E-state index contributed by atoms with van der Waals surface area (Å²) in [6.45, 7) is 3.98. The summed E-state index contributed by atoms with van der Waals surface area (Å²) < 4.78 is 47.3. The van der Waals surface area contributed by atoms with Crippen molar-refractivity contribution in [2.75, 3.05) is 114 Å². The summed E-state index contributed by atoms with van der Waals surface area (Å²) in [7, 11) is -11.3. The highest BCUT2D eigenvalue weighted by Crippen LogP contribution is 2.69. The molecule has 48 heteroatoms. The van der Waals surface area contributed by atoms with Crippen LogP contribution in [0.15, 0.2) is 122 Å². The number of carbonyl (C=O) groups is 15. The number of carboxylic acid groups (broad SMARTS) is 1. The number of primary amides is 1. The van der Waals surface area contributed by atoms with Gasteiger partial charge in [0.15, 0.2) is 0 Å². The lowest BCUT2D eigenvalue weighted by atomic mass is 9.80. The Bertz CT molecular complexity index is 5330. The van der Waals surface area contributed by atoms with Crippen molar-refractivity contribution < 1.29 is 130 Å². The van der Waals surface area contributed by atoms with Crippen LogP contribution >= 0.6 is 15.2 Å². The first-order valence-electron chi connectivity index (χ1n) is 48.3. The second-order valence-corrected chi connectivity index (χ2v) is 38.8. The number of unbranched alkanes of at least 4 members (excludes halogenated alkanes) is 2. The Morgan fingerprint density at radius 3 is 1.58 bits per heavy atom. The van der Waals surface area contributed by atoms with Gasteiger partial charge in [0, 0.05) is 151 Å². The third-order valence-electron chi connectivity index (χ3n) is 23.7. The molecule has 46 nitrogen and oxygen atoms in total. The van der Waals surface area contributed by atoms with Crippen molar-refractivity contribution in [3.8, 4) is 22.5 Å². The molecule has 6 aromatic rings. The van der Waals surface area contributed by atoms with Crippen LogP contribution in [0, 0.1) is 6.92 Å². The van der Waals surface area contributed by atoms with Crippen LogP contribution in [0.5, 0.6) is 0 Å². The molecule has 2 aliphatic rings. The molecule has 0 radical (unpaired) electrons. The summed E-state index contributed by atoms with van der Waals surface area (Å²) in [5, 5.41) is 60.7. The molecule has 15 amide bonds. The number of hydrogen-bond donors (Lipinski definition) is 20. The van der Waals surface area contributed by atoms with Crippen LogP contribution in [0.1, 0.15) is 183 Å². The van der Waals surface area contributed by atoms with Gasteiger partial charge in [-0.1, -0.05) is 103 Å². The Labute approximate surface area is 833 Å². The molecule has 1 aliphatic carbocycles. The van der Waals surface area contributed by atoms with Crippen LogP contribution in [-0.2, 0) is 121 Å². The van der Waals surface area contributed by atoms with E-state index in [-0.39, 0.29) is 251 Å². The van der Waals surface area contributed by atoms with Gasteiger partial charge < -0.3 is 128 Å². The number of amides is 15. The molecule has 21 N–H and O–H groups in total. The van der Waals surface area contributed by atoms with Crippen molar-refractivity contribution in [2.24, 2.45) is 5.73 Å². The summed E-state index contributed by atoms with van der Waals surface area (Å²) in [6, 6.07) is 27.9. The molecule has 0 unspecified atom stereocenters. The van der Waals surface area contributed by atoms with Gasteiger partial charge in [-0.3, -0.25) is 81.2 Å². The first-order valence-corrected chi connectivity index (χ1v) is 51.5. The van der Waals surface area contributed by atoms with E-state index >= 15 is 0 Å². The van der Waals surface area contributed by atoms with E-state index in [4.69, 9.17) is 24.7 Å². The van der Waals surface area contributed by atoms with Crippen LogP contribution in [0.3, 0.4) is 0 Å². The monoisotopic (exact) mass is 2050 g/mol. The second-order valence-electron chi connectivity index (χ2n) is 34.8. The van der Waals surface area contributed by atoms with Gasteiger partial charge in [-0.05, 0) is 143 Å². The Hall–Kier alpha value is -12.9. The van der Waals surface area contributed by atoms with Gasteiger partial charge in [0.1, 0.15) is 29.4 Å². The number of benzene rings is 4. The van der Waals surface area contributed by atoms with E-state index in [2.05, 4.69) is 84.4 Å². The highest BCUT2D eigenvalue weighted by atomic mass is 31.2. The van der Waals surface area contributed by atoms with Crippen LogP contribution in [-0.4, -0.2) is 266 Å².